The average molecular weight is 228 g/mol. The molecule has 94 valence electrons. The minimum absolute atomic E-state index is 0.609. The van der Waals surface area contributed by atoms with Gasteiger partial charge in [-0.25, -0.2) is 0 Å². The first kappa shape index (κ1) is 12.3. The molecule has 0 amide bonds. The van der Waals surface area contributed by atoms with Crippen molar-refractivity contribution < 1.29 is 9.47 Å². The molecule has 2 aliphatic heterocycles. The summed E-state index contributed by atoms with van der Waals surface area (Å²) in [7, 11) is 1.77. The summed E-state index contributed by atoms with van der Waals surface area (Å²) in [6.07, 6.45) is 3.82. The van der Waals surface area contributed by atoms with Crippen molar-refractivity contribution in [3.63, 3.8) is 0 Å². The molecule has 0 aliphatic carbocycles. The molecule has 0 aromatic carbocycles. The molecule has 2 saturated heterocycles. The lowest BCUT2D eigenvalue weighted by Gasteiger charge is -2.30. The smallest absolute Gasteiger partial charge is 0.0622 e. The zero-order valence-corrected chi connectivity index (χ0v) is 10.3. The van der Waals surface area contributed by atoms with E-state index in [-0.39, 0.29) is 0 Å². The van der Waals surface area contributed by atoms with E-state index in [0.717, 1.165) is 32.9 Å². The van der Waals surface area contributed by atoms with Gasteiger partial charge in [0.25, 0.3) is 0 Å². The van der Waals surface area contributed by atoms with Gasteiger partial charge >= 0.3 is 0 Å². The maximum Gasteiger partial charge on any atom is 0.0622 e. The number of ether oxygens (including phenoxy) is 2. The van der Waals surface area contributed by atoms with Crippen molar-refractivity contribution in [2.75, 3.05) is 46.6 Å². The highest BCUT2D eigenvalue weighted by Crippen LogP contribution is 2.15. The van der Waals surface area contributed by atoms with Gasteiger partial charge in [0.15, 0.2) is 0 Å². The van der Waals surface area contributed by atoms with E-state index in [0.29, 0.717) is 12.1 Å². The molecule has 0 aromatic rings. The van der Waals surface area contributed by atoms with E-state index in [1.165, 1.54) is 25.8 Å². The van der Waals surface area contributed by atoms with E-state index in [1.54, 1.807) is 7.11 Å². The standard InChI is InChI=1S/C12H24N2O2/c1-15-8-6-14(12-4-7-16-10-12)9-11-3-2-5-13-11/h11-13H,2-10H2,1H3. The summed E-state index contributed by atoms with van der Waals surface area (Å²) >= 11 is 0. The first-order chi connectivity index (χ1) is 7.90. The molecule has 4 nitrogen and oxygen atoms in total. The topological polar surface area (TPSA) is 33.7 Å². The van der Waals surface area contributed by atoms with E-state index < -0.39 is 0 Å². The van der Waals surface area contributed by atoms with Crippen LogP contribution in [0.15, 0.2) is 0 Å². The minimum Gasteiger partial charge on any atom is -0.383 e. The number of nitrogens with zero attached hydrogens (tertiary/aromatic N) is 1. The van der Waals surface area contributed by atoms with Gasteiger partial charge in [0, 0.05) is 38.9 Å². The van der Waals surface area contributed by atoms with Gasteiger partial charge in [0.2, 0.25) is 0 Å². The van der Waals surface area contributed by atoms with Crippen LogP contribution in [0.2, 0.25) is 0 Å². The van der Waals surface area contributed by atoms with Crippen molar-refractivity contribution in [1.82, 2.24) is 10.2 Å². The second kappa shape index (κ2) is 6.55. The second-order valence-electron chi connectivity index (χ2n) is 4.80. The first-order valence-corrected chi connectivity index (χ1v) is 6.44. The highest BCUT2D eigenvalue weighted by atomic mass is 16.5. The lowest BCUT2D eigenvalue weighted by atomic mass is 10.1. The van der Waals surface area contributed by atoms with Gasteiger partial charge in [0.05, 0.1) is 13.2 Å². The Balaban J connectivity index is 1.80. The van der Waals surface area contributed by atoms with E-state index in [2.05, 4.69) is 10.2 Å². The second-order valence-corrected chi connectivity index (χ2v) is 4.80. The molecular weight excluding hydrogens is 204 g/mol. The summed E-state index contributed by atoms with van der Waals surface area (Å²) in [5.74, 6) is 0. The molecule has 0 spiro atoms. The molecule has 4 heteroatoms. The van der Waals surface area contributed by atoms with Gasteiger partial charge in [-0.05, 0) is 25.8 Å². The summed E-state index contributed by atoms with van der Waals surface area (Å²) in [6.45, 7) is 6.01. The van der Waals surface area contributed by atoms with E-state index >= 15 is 0 Å². The molecule has 1 N–H and O–H groups in total. The summed E-state index contributed by atoms with van der Waals surface area (Å²) in [5.41, 5.74) is 0. The largest absolute Gasteiger partial charge is 0.383 e. The molecule has 16 heavy (non-hydrogen) atoms. The average Bonchev–Trinajstić information content (AvgIpc) is 2.96. The van der Waals surface area contributed by atoms with Gasteiger partial charge in [-0.3, -0.25) is 4.90 Å². The molecule has 2 fully saturated rings. The third-order valence-electron chi connectivity index (χ3n) is 3.62. The SMILES string of the molecule is COCCN(CC1CCCN1)C1CCOC1. The van der Waals surface area contributed by atoms with Crippen LogP contribution in [0.3, 0.4) is 0 Å². The fourth-order valence-corrected chi connectivity index (χ4v) is 2.64. The van der Waals surface area contributed by atoms with Crippen LogP contribution in [0, 0.1) is 0 Å². The van der Waals surface area contributed by atoms with Crippen LogP contribution >= 0.6 is 0 Å². The summed E-state index contributed by atoms with van der Waals surface area (Å²) in [4.78, 5) is 2.54. The van der Waals surface area contributed by atoms with E-state index in [9.17, 15) is 0 Å². The highest BCUT2D eigenvalue weighted by molar-refractivity contribution is 4.83. The van der Waals surface area contributed by atoms with Crippen LogP contribution in [0.5, 0.6) is 0 Å². The fraction of sp³-hybridized carbons (Fsp3) is 1.00. The monoisotopic (exact) mass is 228 g/mol. The molecular formula is C12H24N2O2. The predicted octanol–water partition coefficient (Wildman–Crippen LogP) is 0.476. The molecule has 0 aromatic heterocycles. The third kappa shape index (κ3) is 3.42. The van der Waals surface area contributed by atoms with Crippen molar-refractivity contribution in [2.45, 2.75) is 31.3 Å². The summed E-state index contributed by atoms with van der Waals surface area (Å²) < 4.78 is 10.7. The van der Waals surface area contributed by atoms with Gasteiger partial charge in [-0.1, -0.05) is 0 Å². The Kier molecular flexibility index (Phi) is 5.03. The predicted molar refractivity (Wildman–Crippen MR) is 63.7 cm³/mol. The summed E-state index contributed by atoms with van der Waals surface area (Å²) in [5, 5.41) is 3.56. The maximum absolute atomic E-state index is 5.48. The van der Waals surface area contributed by atoms with Gasteiger partial charge in [0.1, 0.15) is 0 Å². The van der Waals surface area contributed by atoms with E-state index in [1.807, 2.05) is 0 Å². The van der Waals surface area contributed by atoms with Gasteiger partial charge in [-0.15, -0.1) is 0 Å². The van der Waals surface area contributed by atoms with Crippen LogP contribution in [-0.2, 0) is 9.47 Å². The Labute approximate surface area is 98.3 Å². The molecule has 2 atom stereocenters. The molecule has 2 unspecified atom stereocenters. The Morgan fingerprint density at radius 3 is 3.00 bits per heavy atom. The lowest BCUT2D eigenvalue weighted by molar-refractivity contribution is 0.0992. The van der Waals surface area contributed by atoms with Crippen LogP contribution < -0.4 is 5.32 Å². The van der Waals surface area contributed by atoms with Crippen LogP contribution in [0.4, 0.5) is 0 Å². The molecule has 0 radical (unpaired) electrons. The van der Waals surface area contributed by atoms with Crippen molar-refractivity contribution in [2.24, 2.45) is 0 Å². The normalized spacial score (nSPS) is 30.4. The van der Waals surface area contributed by atoms with Gasteiger partial charge in [-0.2, -0.15) is 0 Å². The molecule has 2 rings (SSSR count). The van der Waals surface area contributed by atoms with Crippen LogP contribution in [-0.4, -0.2) is 63.5 Å². The van der Waals surface area contributed by atoms with Crippen molar-refractivity contribution in [3.05, 3.63) is 0 Å². The Morgan fingerprint density at radius 2 is 2.38 bits per heavy atom. The number of rotatable bonds is 6. The number of nitrogens with one attached hydrogen (secondary N) is 1. The van der Waals surface area contributed by atoms with Crippen molar-refractivity contribution in [3.8, 4) is 0 Å². The quantitative estimate of drug-likeness (QED) is 0.717. The van der Waals surface area contributed by atoms with Gasteiger partial charge < -0.3 is 14.8 Å². The van der Waals surface area contributed by atoms with Crippen LogP contribution in [0.25, 0.3) is 0 Å². The van der Waals surface area contributed by atoms with Crippen molar-refractivity contribution >= 4 is 0 Å². The zero-order chi connectivity index (χ0) is 11.2. The van der Waals surface area contributed by atoms with E-state index in [4.69, 9.17) is 9.47 Å². The third-order valence-corrected chi connectivity index (χ3v) is 3.62. The number of hydrogen-bond donors (Lipinski definition) is 1. The molecule has 2 aliphatic rings. The van der Waals surface area contributed by atoms with Crippen LogP contribution in [0.1, 0.15) is 19.3 Å². The minimum atomic E-state index is 0.609. The lowest BCUT2D eigenvalue weighted by Crippen LogP contribution is -2.45. The number of methoxy groups -OCH3 is 1. The molecule has 0 saturated carbocycles. The Hall–Kier alpha value is -0.160. The fourth-order valence-electron chi connectivity index (χ4n) is 2.64. The molecule has 0 bridgehead atoms. The Morgan fingerprint density at radius 1 is 1.44 bits per heavy atom. The molecule has 2 heterocycles. The van der Waals surface area contributed by atoms with Crippen molar-refractivity contribution in [1.29, 1.82) is 0 Å². The zero-order valence-electron chi connectivity index (χ0n) is 10.3. The number of hydrogen-bond acceptors (Lipinski definition) is 4. The maximum atomic E-state index is 5.48. The Bertz CT molecular complexity index is 189. The first-order valence-electron chi connectivity index (χ1n) is 6.44. The highest BCUT2D eigenvalue weighted by Gasteiger charge is 2.26. The summed E-state index contributed by atoms with van der Waals surface area (Å²) in [6, 6.07) is 1.29.